The third-order valence-corrected chi connectivity index (χ3v) is 2.84. The van der Waals surface area contributed by atoms with Crippen LogP contribution in [0.2, 0.25) is 0 Å². The van der Waals surface area contributed by atoms with E-state index in [1.54, 1.807) is 0 Å². The number of nitrogens with one attached hydrogen (secondary N) is 3. The molecule has 0 saturated carbocycles. The second kappa shape index (κ2) is 8.75. The Morgan fingerprint density at radius 2 is 2.00 bits per heavy atom. The molecular weight excluding hydrogens is 290 g/mol. The topological polar surface area (TPSA) is 130 Å². The lowest BCUT2D eigenvalue weighted by Gasteiger charge is -2.21. The lowest BCUT2D eigenvalue weighted by atomic mass is 10.1. The van der Waals surface area contributed by atoms with Crippen LogP contribution in [-0.4, -0.2) is 29.6 Å². The molecule has 1 rings (SSSR count). The van der Waals surface area contributed by atoms with Crippen LogP contribution < -0.4 is 32.2 Å². The minimum atomic E-state index is -1.21. The Morgan fingerprint density at radius 1 is 1.33 bits per heavy atom. The average molecular weight is 309 g/mol. The van der Waals surface area contributed by atoms with E-state index in [0.29, 0.717) is 19.4 Å². The van der Waals surface area contributed by atoms with Gasteiger partial charge in [0, 0.05) is 5.69 Å². The van der Waals surface area contributed by atoms with Gasteiger partial charge in [-0.05, 0) is 37.2 Å². The summed E-state index contributed by atoms with van der Waals surface area (Å²) < 4.78 is 0. The molecule has 0 unspecified atom stereocenters. The molecule has 0 aliphatic rings. The lowest BCUT2D eigenvalue weighted by molar-refractivity contribution is -0.459. The maximum absolute atomic E-state index is 11.1. The lowest BCUT2D eigenvalue weighted by Crippen LogP contribution is -2.78. The summed E-state index contributed by atoms with van der Waals surface area (Å²) in [5.41, 5.74) is 11.3. The zero-order valence-corrected chi connectivity index (χ0v) is 12.3. The second-order valence-electron chi connectivity index (χ2n) is 4.36. The van der Waals surface area contributed by atoms with Crippen molar-refractivity contribution in [1.29, 1.82) is 0 Å². The number of para-hydroxylation sites is 1. The number of guanidine groups is 1. The van der Waals surface area contributed by atoms with Crippen LogP contribution in [0.1, 0.15) is 12.8 Å². The molecule has 0 fully saturated rings. The minimum Gasteiger partial charge on any atom is -0.548 e. The molecule has 0 aliphatic carbocycles. The Labute approximate surface area is 128 Å². The molecule has 1 atom stereocenters. The molecule has 0 amide bonds. The highest BCUT2D eigenvalue weighted by Gasteiger charge is 2.11. The molecule has 0 aromatic heterocycles. The Kier molecular flexibility index (Phi) is 6.96. The van der Waals surface area contributed by atoms with E-state index in [0.717, 1.165) is 5.69 Å². The van der Waals surface area contributed by atoms with Gasteiger partial charge in [-0.3, -0.25) is 16.5 Å². The molecule has 7 N–H and O–H groups in total. The van der Waals surface area contributed by atoms with E-state index in [1.807, 2.05) is 30.3 Å². The van der Waals surface area contributed by atoms with Gasteiger partial charge in [-0.25, -0.2) is 0 Å². The van der Waals surface area contributed by atoms with Crippen molar-refractivity contribution in [2.45, 2.75) is 18.9 Å². The molecule has 21 heavy (non-hydrogen) atoms. The number of nitrogens with two attached hydrogens (primary N) is 2. The summed E-state index contributed by atoms with van der Waals surface area (Å²) in [6, 6.07) is 8.34. The number of hydrogen-bond acceptors (Lipinski definition) is 3. The molecule has 0 bridgehead atoms. The zero-order chi connectivity index (χ0) is 15.7. The SMILES string of the molecule is NC(N)=[NH+]CCC[C@@H](NC(=S)Nc1ccccc1)C(=O)[O-]. The maximum Gasteiger partial charge on any atom is 0.338 e. The van der Waals surface area contributed by atoms with Crippen molar-refractivity contribution in [3.63, 3.8) is 0 Å². The van der Waals surface area contributed by atoms with Crippen LogP contribution >= 0.6 is 12.2 Å². The molecule has 0 spiro atoms. The van der Waals surface area contributed by atoms with Crippen molar-refractivity contribution in [3.8, 4) is 0 Å². The number of rotatable bonds is 7. The summed E-state index contributed by atoms with van der Waals surface area (Å²) in [5, 5.41) is 16.9. The molecule has 0 heterocycles. The highest BCUT2D eigenvalue weighted by atomic mass is 32.1. The monoisotopic (exact) mass is 309 g/mol. The summed E-state index contributed by atoms with van der Waals surface area (Å²) in [4.78, 5) is 13.8. The standard InChI is InChI=1S/C13H19N5O2S/c14-12(15)16-8-4-7-10(11(19)20)18-13(21)17-9-5-2-1-3-6-9/h1-3,5-6,10H,4,7-8H2,(H,19,20)(H4,14,15,16)(H2,17,18,21)/t10-/m1/s1. The predicted octanol–water partition coefficient (Wildman–Crippen LogP) is -2.77. The van der Waals surface area contributed by atoms with Gasteiger partial charge >= 0.3 is 5.96 Å². The van der Waals surface area contributed by atoms with Gasteiger partial charge < -0.3 is 20.5 Å². The van der Waals surface area contributed by atoms with Gasteiger partial charge in [0.25, 0.3) is 0 Å². The van der Waals surface area contributed by atoms with Crippen molar-refractivity contribution >= 4 is 34.9 Å². The number of carbonyl (C=O) groups is 1. The summed E-state index contributed by atoms with van der Waals surface area (Å²) in [6.07, 6.45) is 0.886. The number of carboxylic acids is 1. The van der Waals surface area contributed by atoms with E-state index in [-0.39, 0.29) is 11.1 Å². The first-order chi connectivity index (χ1) is 9.99. The molecule has 1 aromatic rings. The number of hydrogen-bond donors (Lipinski definition) is 5. The number of anilines is 1. The minimum absolute atomic E-state index is 0.106. The van der Waals surface area contributed by atoms with Crippen LogP contribution in [0.4, 0.5) is 5.69 Å². The van der Waals surface area contributed by atoms with Crippen LogP contribution in [0, 0.1) is 0 Å². The highest BCUT2D eigenvalue weighted by molar-refractivity contribution is 7.80. The number of thiocarbonyl (C=S) groups is 1. The zero-order valence-electron chi connectivity index (χ0n) is 11.5. The fraction of sp³-hybridized carbons (Fsp3) is 0.308. The number of carbonyl (C=O) groups excluding carboxylic acids is 1. The third kappa shape index (κ3) is 7.11. The molecule has 0 radical (unpaired) electrons. The average Bonchev–Trinajstić information content (AvgIpc) is 2.42. The van der Waals surface area contributed by atoms with Crippen LogP contribution in [0.3, 0.4) is 0 Å². The van der Waals surface area contributed by atoms with Crippen molar-refractivity contribution in [2.75, 3.05) is 11.9 Å². The van der Waals surface area contributed by atoms with E-state index in [1.165, 1.54) is 0 Å². The van der Waals surface area contributed by atoms with E-state index < -0.39 is 12.0 Å². The van der Waals surface area contributed by atoms with Crippen LogP contribution in [0.5, 0.6) is 0 Å². The highest BCUT2D eigenvalue weighted by Crippen LogP contribution is 2.05. The molecule has 1 aromatic carbocycles. The Bertz CT molecular complexity index is 503. The van der Waals surface area contributed by atoms with Gasteiger partial charge in [0.1, 0.15) is 0 Å². The summed E-state index contributed by atoms with van der Waals surface area (Å²) >= 11 is 5.08. The maximum atomic E-state index is 11.1. The molecule has 0 aliphatic heterocycles. The summed E-state index contributed by atoms with van der Waals surface area (Å²) in [7, 11) is 0. The van der Waals surface area contributed by atoms with E-state index in [4.69, 9.17) is 23.7 Å². The van der Waals surface area contributed by atoms with Gasteiger partial charge in [0.15, 0.2) is 5.11 Å². The van der Waals surface area contributed by atoms with Crippen LogP contribution in [-0.2, 0) is 4.79 Å². The van der Waals surface area contributed by atoms with E-state index in [9.17, 15) is 9.90 Å². The first-order valence-electron chi connectivity index (χ1n) is 6.44. The van der Waals surface area contributed by atoms with Crippen molar-refractivity contribution < 1.29 is 14.9 Å². The van der Waals surface area contributed by atoms with Crippen molar-refractivity contribution in [2.24, 2.45) is 11.5 Å². The second-order valence-corrected chi connectivity index (χ2v) is 4.77. The number of carboxylic acid groups (broad SMARTS) is 1. The Hall–Kier alpha value is -2.35. The van der Waals surface area contributed by atoms with Gasteiger partial charge in [-0.1, -0.05) is 18.2 Å². The fourth-order valence-electron chi connectivity index (χ4n) is 1.63. The molecular formula is C13H19N5O2S. The van der Waals surface area contributed by atoms with Gasteiger partial charge in [-0.15, -0.1) is 0 Å². The largest absolute Gasteiger partial charge is 0.548 e. The van der Waals surface area contributed by atoms with E-state index in [2.05, 4.69) is 15.6 Å². The van der Waals surface area contributed by atoms with E-state index >= 15 is 0 Å². The summed E-state index contributed by atoms with van der Waals surface area (Å²) in [5.74, 6) is -1.11. The van der Waals surface area contributed by atoms with Crippen molar-refractivity contribution in [1.82, 2.24) is 5.32 Å². The third-order valence-electron chi connectivity index (χ3n) is 2.62. The number of aliphatic carboxylic acids is 1. The number of benzene rings is 1. The van der Waals surface area contributed by atoms with Crippen LogP contribution in [0.25, 0.3) is 0 Å². The first-order valence-corrected chi connectivity index (χ1v) is 6.85. The Balaban J connectivity index is 2.44. The normalized spacial score (nSPS) is 11.2. The van der Waals surface area contributed by atoms with Crippen LogP contribution in [0.15, 0.2) is 30.3 Å². The van der Waals surface area contributed by atoms with Crippen molar-refractivity contribution in [3.05, 3.63) is 30.3 Å². The van der Waals surface area contributed by atoms with Gasteiger partial charge in [-0.2, -0.15) is 0 Å². The smallest absolute Gasteiger partial charge is 0.338 e. The van der Waals surface area contributed by atoms with Gasteiger partial charge in [0.05, 0.1) is 18.6 Å². The Morgan fingerprint density at radius 3 is 2.57 bits per heavy atom. The molecule has 0 saturated heterocycles. The quantitative estimate of drug-likeness (QED) is 0.159. The molecule has 8 heteroatoms. The molecule has 114 valence electrons. The molecule has 7 nitrogen and oxygen atoms in total. The first kappa shape index (κ1) is 16.7. The van der Waals surface area contributed by atoms with Gasteiger partial charge in [0.2, 0.25) is 0 Å². The predicted molar refractivity (Wildman–Crippen MR) is 83.0 cm³/mol. The summed E-state index contributed by atoms with van der Waals surface area (Å²) in [6.45, 7) is 0.479. The fourth-order valence-corrected chi connectivity index (χ4v) is 1.89.